The summed E-state index contributed by atoms with van der Waals surface area (Å²) in [6.45, 7) is -0.763. The molecular formula is C15H13N3O4. The average molecular weight is 299 g/mol. The van der Waals surface area contributed by atoms with Crippen molar-refractivity contribution in [3.8, 4) is 11.4 Å². The van der Waals surface area contributed by atoms with E-state index in [1.807, 2.05) is 12.1 Å². The molecule has 0 amide bonds. The Morgan fingerprint density at radius 1 is 1.14 bits per heavy atom. The van der Waals surface area contributed by atoms with Gasteiger partial charge in [0.15, 0.2) is 5.78 Å². The minimum Gasteiger partial charge on any atom is -0.506 e. The molecule has 7 nitrogen and oxygen atoms in total. The number of phenols is 1. The maximum Gasteiger partial charge on any atom is 0.191 e. The number of carbonyl (C=O) groups is 1. The van der Waals surface area contributed by atoms with Crippen molar-refractivity contribution in [2.75, 3.05) is 6.61 Å². The Hall–Kier alpha value is -2.77. The summed E-state index contributed by atoms with van der Waals surface area (Å²) in [6, 6.07) is 11.4. The molecule has 2 aromatic carbocycles. The number of rotatable bonds is 4. The number of phenolic OH excluding ortho intramolecular Hbond substituents is 1. The second kappa shape index (κ2) is 5.55. The molecule has 0 radical (unpaired) electrons. The molecule has 0 spiro atoms. The van der Waals surface area contributed by atoms with Crippen LogP contribution in [0.5, 0.6) is 5.75 Å². The maximum absolute atomic E-state index is 11.4. The number of hydrogen-bond donors (Lipinski definition) is 3. The first-order chi connectivity index (χ1) is 10.6. The van der Waals surface area contributed by atoms with Gasteiger partial charge in [-0.3, -0.25) is 4.79 Å². The molecular weight excluding hydrogens is 286 g/mol. The first kappa shape index (κ1) is 14.2. The van der Waals surface area contributed by atoms with Gasteiger partial charge in [0.05, 0.1) is 0 Å². The topological polar surface area (TPSA) is 108 Å². The van der Waals surface area contributed by atoms with Crippen molar-refractivity contribution in [1.29, 1.82) is 0 Å². The Balaban J connectivity index is 2.08. The van der Waals surface area contributed by atoms with Gasteiger partial charge in [-0.2, -0.15) is 0 Å². The van der Waals surface area contributed by atoms with E-state index in [1.54, 1.807) is 12.1 Å². The van der Waals surface area contributed by atoms with Gasteiger partial charge in [0.2, 0.25) is 0 Å². The number of hydrogen-bond acceptors (Lipinski definition) is 6. The molecule has 1 aromatic heterocycles. The normalized spacial score (nSPS) is 12.5. The fourth-order valence-corrected chi connectivity index (χ4v) is 2.11. The molecule has 7 heteroatoms. The van der Waals surface area contributed by atoms with Gasteiger partial charge in [-0.1, -0.05) is 18.2 Å². The van der Waals surface area contributed by atoms with E-state index >= 15 is 0 Å². The Bertz CT molecular complexity index is 811. The molecule has 0 saturated carbocycles. The molecule has 0 aliphatic carbocycles. The molecule has 0 aliphatic heterocycles. The number of aromatic nitrogens is 3. The minimum atomic E-state index is -1.46. The molecule has 3 N–H and O–H groups in total. The lowest BCUT2D eigenvalue weighted by atomic mass is 10.1. The summed E-state index contributed by atoms with van der Waals surface area (Å²) >= 11 is 0. The van der Waals surface area contributed by atoms with Crippen molar-refractivity contribution < 1.29 is 20.1 Å². The van der Waals surface area contributed by atoms with Gasteiger partial charge in [-0.25, -0.2) is 0 Å². The Morgan fingerprint density at radius 2 is 1.77 bits per heavy atom. The van der Waals surface area contributed by atoms with Crippen LogP contribution in [-0.2, 0) is 4.79 Å². The van der Waals surface area contributed by atoms with Gasteiger partial charge in [0, 0.05) is 0 Å². The number of benzene rings is 2. The van der Waals surface area contributed by atoms with Crippen molar-refractivity contribution in [3.63, 3.8) is 0 Å². The van der Waals surface area contributed by atoms with Gasteiger partial charge >= 0.3 is 0 Å². The van der Waals surface area contributed by atoms with Crippen LogP contribution in [0.4, 0.5) is 0 Å². The van der Waals surface area contributed by atoms with Crippen LogP contribution in [-0.4, -0.2) is 42.7 Å². The third-order valence-electron chi connectivity index (χ3n) is 3.28. The van der Waals surface area contributed by atoms with Crippen LogP contribution in [0.25, 0.3) is 16.7 Å². The smallest absolute Gasteiger partial charge is 0.191 e. The van der Waals surface area contributed by atoms with Crippen molar-refractivity contribution >= 4 is 16.8 Å². The van der Waals surface area contributed by atoms with Crippen molar-refractivity contribution in [1.82, 2.24) is 15.0 Å². The summed E-state index contributed by atoms with van der Waals surface area (Å²) < 4.78 is 0. The minimum absolute atomic E-state index is 0.0901. The molecule has 0 fully saturated rings. The predicted molar refractivity (Wildman–Crippen MR) is 77.6 cm³/mol. The van der Waals surface area contributed by atoms with Crippen LogP contribution < -0.4 is 0 Å². The van der Waals surface area contributed by atoms with E-state index in [-0.39, 0.29) is 17.0 Å². The van der Waals surface area contributed by atoms with Crippen LogP contribution >= 0.6 is 0 Å². The summed E-state index contributed by atoms with van der Waals surface area (Å²) in [5.41, 5.74) is 1.78. The Labute approximate surface area is 125 Å². The highest BCUT2D eigenvalue weighted by atomic mass is 16.3. The highest BCUT2D eigenvalue weighted by Crippen LogP contribution is 2.26. The van der Waals surface area contributed by atoms with E-state index < -0.39 is 18.5 Å². The van der Waals surface area contributed by atoms with Crippen molar-refractivity contribution in [2.45, 2.75) is 6.10 Å². The number of aliphatic hydroxyl groups excluding tert-OH is 2. The van der Waals surface area contributed by atoms with E-state index in [0.29, 0.717) is 11.0 Å². The third kappa shape index (κ3) is 2.43. The molecule has 22 heavy (non-hydrogen) atoms. The van der Waals surface area contributed by atoms with Gasteiger partial charge in [-0.15, -0.1) is 15.0 Å². The Morgan fingerprint density at radius 3 is 2.36 bits per heavy atom. The van der Waals surface area contributed by atoms with Crippen LogP contribution in [0.15, 0.2) is 42.5 Å². The summed E-state index contributed by atoms with van der Waals surface area (Å²) in [6.07, 6.45) is -1.46. The first-order valence-electron chi connectivity index (χ1n) is 6.57. The lowest BCUT2D eigenvalue weighted by molar-refractivity contribution is -0.130. The second-order valence-electron chi connectivity index (χ2n) is 4.75. The maximum atomic E-state index is 11.4. The number of Topliss-reactive ketones (excluding diaryl/α,β-unsaturated/α-hetero) is 1. The summed E-state index contributed by atoms with van der Waals surface area (Å²) in [5.74, 6) is -0.817. The lowest BCUT2D eigenvalue weighted by Crippen LogP contribution is -2.16. The summed E-state index contributed by atoms with van der Waals surface area (Å²) in [5, 5.41) is 37.1. The van der Waals surface area contributed by atoms with Crippen molar-refractivity contribution in [2.24, 2.45) is 0 Å². The largest absolute Gasteiger partial charge is 0.506 e. The van der Waals surface area contributed by atoms with Crippen LogP contribution in [0.1, 0.15) is 11.7 Å². The Kier molecular flexibility index (Phi) is 3.58. The standard InChI is InChI=1S/C15H13N3O4/c19-8-14(21)15(22)9-5-6-13(20)12(7-9)18-16-10-3-1-2-4-11(10)17-18/h1-7,15,19-20,22H,8H2. The fraction of sp³-hybridized carbons (Fsp3) is 0.133. The molecule has 0 aliphatic rings. The number of carbonyl (C=O) groups excluding carboxylic acids is 1. The molecule has 1 unspecified atom stereocenters. The zero-order valence-corrected chi connectivity index (χ0v) is 11.4. The molecule has 3 aromatic rings. The van der Waals surface area contributed by atoms with Crippen LogP contribution in [0.2, 0.25) is 0 Å². The highest BCUT2D eigenvalue weighted by Gasteiger charge is 2.19. The first-order valence-corrected chi connectivity index (χ1v) is 6.57. The van der Waals surface area contributed by atoms with Gasteiger partial charge in [-0.05, 0) is 29.8 Å². The lowest BCUT2D eigenvalue weighted by Gasteiger charge is -2.11. The molecule has 0 bridgehead atoms. The van der Waals surface area contributed by atoms with E-state index in [1.165, 1.54) is 23.0 Å². The van der Waals surface area contributed by atoms with E-state index in [9.17, 15) is 15.0 Å². The van der Waals surface area contributed by atoms with Gasteiger partial charge in [0.25, 0.3) is 0 Å². The van der Waals surface area contributed by atoms with Gasteiger partial charge < -0.3 is 15.3 Å². The molecule has 1 heterocycles. The zero-order chi connectivity index (χ0) is 15.7. The zero-order valence-electron chi connectivity index (χ0n) is 11.4. The fourth-order valence-electron chi connectivity index (χ4n) is 2.11. The SMILES string of the molecule is O=C(CO)C(O)c1ccc(O)c(-n2nc3ccccc3n2)c1. The number of nitrogens with zero attached hydrogens (tertiary/aromatic N) is 3. The highest BCUT2D eigenvalue weighted by molar-refractivity contribution is 5.85. The number of fused-ring (bicyclic) bond motifs is 1. The number of aromatic hydroxyl groups is 1. The van der Waals surface area contributed by atoms with E-state index in [2.05, 4.69) is 10.2 Å². The van der Waals surface area contributed by atoms with Crippen molar-refractivity contribution in [3.05, 3.63) is 48.0 Å². The van der Waals surface area contributed by atoms with E-state index in [0.717, 1.165) is 0 Å². The van der Waals surface area contributed by atoms with Crippen LogP contribution in [0.3, 0.4) is 0 Å². The monoisotopic (exact) mass is 299 g/mol. The second-order valence-corrected chi connectivity index (χ2v) is 4.75. The van der Waals surface area contributed by atoms with Crippen LogP contribution in [0, 0.1) is 0 Å². The predicted octanol–water partition coefficient (Wildman–Crippen LogP) is 0.721. The quantitative estimate of drug-likeness (QED) is 0.655. The molecule has 112 valence electrons. The van der Waals surface area contributed by atoms with E-state index in [4.69, 9.17) is 5.11 Å². The molecule has 0 saturated heterocycles. The third-order valence-corrected chi connectivity index (χ3v) is 3.28. The number of aliphatic hydroxyl groups is 2. The summed E-state index contributed by atoms with van der Waals surface area (Å²) in [4.78, 5) is 12.6. The van der Waals surface area contributed by atoms with Gasteiger partial charge in [0.1, 0.15) is 35.2 Å². The summed E-state index contributed by atoms with van der Waals surface area (Å²) in [7, 11) is 0. The average Bonchev–Trinajstić information content (AvgIpc) is 2.97. The number of ketones is 1. The molecule has 1 atom stereocenters. The molecule has 3 rings (SSSR count).